The summed E-state index contributed by atoms with van der Waals surface area (Å²) in [5.74, 6) is -0.0947. The molecule has 0 spiro atoms. The number of nitrogens with two attached hydrogens (primary N) is 1. The molecule has 31 heavy (non-hydrogen) atoms. The number of hydrogen-bond acceptors (Lipinski definition) is 8. The average molecular weight is 486 g/mol. The summed E-state index contributed by atoms with van der Waals surface area (Å²) in [5.41, 5.74) is 6.78. The maximum absolute atomic E-state index is 14.5. The Labute approximate surface area is 193 Å². The summed E-state index contributed by atoms with van der Waals surface area (Å²) in [4.78, 5) is 4.33. The maximum atomic E-state index is 14.5. The van der Waals surface area contributed by atoms with Crippen LogP contribution >= 0.6 is 34.5 Å². The van der Waals surface area contributed by atoms with Gasteiger partial charge < -0.3 is 20.9 Å². The molecule has 2 atom stereocenters. The minimum atomic E-state index is -0.782. The molecular formula is C20H22Cl2FN5O2S. The molecule has 3 aromatic rings. The topological polar surface area (TPSA) is 106 Å². The van der Waals surface area contributed by atoms with E-state index in [-0.39, 0.29) is 23.4 Å². The number of ether oxygens (including phenoxy) is 1. The summed E-state index contributed by atoms with van der Waals surface area (Å²) in [6.45, 7) is 5.46. The van der Waals surface area contributed by atoms with E-state index >= 15 is 0 Å². The molecule has 2 unspecified atom stereocenters. The number of nitrogens with one attached hydrogen (secondary N) is 1. The third kappa shape index (κ3) is 5.81. The average Bonchev–Trinajstić information content (AvgIpc) is 3.19. The molecular weight excluding hydrogens is 464 g/mol. The van der Waals surface area contributed by atoms with E-state index in [2.05, 4.69) is 20.5 Å². The number of aliphatic hydroxyl groups excluding tert-OH is 1. The van der Waals surface area contributed by atoms with Gasteiger partial charge in [0, 0.05) is 29.4 Å². The van der Waals surface area contributed by atoms with E-state index < -0.39 is 18.0 Å². The van der Waals surface area contributed by atoms with E-state index in [1.807, 2.05) is 13.8 Å². The molecule has 0 aliphatic heterocycles. The molecule has 166 valence electrons. The highest BCUT2D eigenvalue weighted by atomic mass is 35.5. The SMILES string of the molecule is CC(C)Nc1ncc(-c2nnc(-c3cc(F)c(OCC(N)C(C)O)cc3Cl)s2)cc1Cl. The molecule has 0 radical (unpaired) electrons. The zero-order chi connectivity index (χ0) is 22.7. The normalized spacial score (nSPS) is 13.3. The third-order valence-corrected chi connectivity index (χ3v) is 5.85. The van der Waals surface area contributed by atoms with Crippen LogP contribution in [0.3, 0.4) is 0 Å². The van der Waals surface area contributed by atoms with E-state index in [1.165, 1.54) is 30.4 Å². The van der Waals surface area contributed by atoms with Crippen LogP contribution < -0.4 is 15.8 Å². The molecule has 0 saturated heterocycles. The molecule has 0 aliphatic carbocycles. The van der Waals surface area contributed by atoms with Crippen molar-refractivity contribution in [3.8, 4) is 26.9 Å². The Morgan fingerprint density at radius 3 is 2.52 bits per heavy atom. The van der Waals surface area contributed by atoms with Gasteiger partial charge in [0.15, 0.2) is 11.6 Å². The predicted molar refractivity (Wildman–Crippen MR) is 122 cm³/mol. The van der Waals surface area contributed by atoms with Crippen LogP contribution in [0, 0.1) is 5.82 Å². The number of aliphatic hydroxyl groups is 1. The number of aromatic nitrogens is 3. The van der Waals surface area contributed by atoms with Crippen molar-refractivity contribution in [3.63, 3.8) is 0 Å². The van der Waals surface area contributed by atoms with E-state index in [9.17, 15) is 9.50 Å². The first-order valence-electron chi connectivity index (χ1n) is 9.47. The summed E-state index contributed by atoms with van der Waals surface area (Å²) >= 11 is 13.9. The van der Waals surface area contributed by atoms with E-state index in [1.54, 1.807) is 12.3 Å². The van der Waals surface area contributed by atoms with Gasteiger partial charge in [0.25, 0.3) is 0 Å². The van der Waals surface area contributed by atoms with Crippen LogP contribution in [0.1, 0.15) is 20.8 Å². The highest BCUT2D eigenvalue weighted by Gasteiger charge is 2.18. The Kier molecular flexibility index (Phi) is 7.66. The molecule has 2 heterocycles. The standard InChI is InChI=1S/C20H22Cl2FN5O2S/c1-9(2)26-18-14(22)4-11(7-25-18)19-27-28-20(31-19)12-5-15(23)17(6-13(12)21)30-8-16(24)10(3)29/h4-7,9-10,16,29H,8,24H2,1-3H3,(H,25,26). The monoisotopic (exact) mass is 485 g/mol. The highest BCUT2D eigenvalue weighted by molar-refractivity contribution is 7.18. The first-order valence-corrected chi connectivity index (χ1v) is 11.0. The van der Waals surface area contributed by atoms with Gasteiger partial charge in [-0.1, -0.05) is 34.5 Å². The van der Waals surface area contributed by atoms with Crippen molar-refractivity contribution < 1.29 is 14.2 Å². The molecule has 7 nitrogen and oxygen atoms in total. The Morgan fingerprint density at radius 1 is 1.16 bits per heavy atom. The van der Waals surface area contributed by atoms with Gasteiger partial charge in [-0.05, 0) is 32.9 Å². The molecule has 2 aromatic heterocycles. The Hall–Kier alpha value is -2.04. The summed E-state index contributed by atoms with van der Waals surface area (Å²) in [6, 6.07) is 3.87. The summed E-state index contributed by atoms with van der Waals surface area (Å²) < 4.78 is 19.9. The second-order valence-corrected chi connectivity index (χ2v) is 9.04. The second kappa shape index (κ2) is 10.1. The molecule has 3 rings (SSSR count). The lowest BCUT2D eigenvalue weighted by molar-refractivity contribution is 0.129. The lowest BCUT2D eigenvalue weighted by atomic mass is 10.2. The van der Waals surface area contributed by atoms with Crippen LogP contribution in [0.4, 0.5) is 10.2 Å². The Bertz CT molecular complexity index is 1060. The highest BCUT2D eigenvalue weighted by Crippen LogP contribution is 2.37. The van der Waals surface area contributed by atoms with Gasteiger partial charge in [-0.15, -0.1) is 10.2 Å². The first-order chi connectivity index (χ1) is 14.7. The van der Waals surface area contributed by atoms with Gasteiger partial charge in [-0.3, -0.25) is 0 Å². The zero-order valence-corrected chi connectivity index (χ0v) is 19.4. The van der Waals surface area contributed by atoms with Gasteiger partial charge >= 0.3 is 0 Å². The van der Waals surface area contributed by atoms with Crippen LogP contribution in [0.5, 0.6) is 5.75 Å². The molecule has 11 heteroatoms. The quantitative estimate of drug-likeness (QED) is 0.427. The molecule has 0 amide bonds. The van der Waals surface area contributed by atoms with E-state index in [0.29, 0.717) is 32.0 Å². The third-order valence-electron chi connectivity index (χ3n) is 4.24. The number of hydrogen-bond donors (Lipinski definition) is 3. The van der Waals surface area contributed by atoms with E-state index in [4.69, 9.17) is 33.7 Å². The van der Waals surface area contributed by atoms with Crippen molar-refractivity contribution in [2.45, 2.75) is 39.0 Å². The fourth-order valence-electron chi connectivity index (χ4n) is 2.51. The van der Waals surface area contributed by atoms with Crippen LogP contribution in [0.2, 0.25) is 10.0 Å². The summed E-state index contributed by atoms with van der Waals surface area (Å²) in [6.07, 6.45) is 0.863. The lowest BCUT2D eigenvalue weighted by Crippen LogP contribution is -2.38. The van der Waals surface area contributed by atoms with Gasteiger partial charge in [0.05, 0.1) is 22.2 Å². The van der Waals surface area contributed by atoms with Crippen LogP contribution in [0.15, 0.2) is 24.4 Å². The smallest absolute Gasteiger partial charge is 0.165 e. The van der Waals surface area contributed by atoms with Gasteiger partial charge in [0.2, 0.25) is 0 Å². The molecule has 0 bridgehead atoms. The summed E-state index contributed by atoms with van der Waals surface area (Å²) in [5, 5.41) is 22.6. The first kappa shape index (κ1) is 23.6. The summed E-state index contributed by atoms with van der Waals surface area (Å²) in [7, 11) is 0. The second-order valence-electron chi connectivity index (χ2n) is 7.24. The lowest BCUT2D eigenvalue weighted by Gasteiger charge is -2.16. The fourth-order valence-corrected chi connectivity index (χ4v) is 3.89. The zero-order valence-electron chi connectivity index (χ0n) is 17.1. The van der Waals surface area contributed by atoms with Crippen molar-refractivity contribution in [1.82, 2.24) is 15.2 Å². The molecule has 4 N–H and O–H groups in total. The molecule has 1 aromatic carbocycles. The molecule has 0 aliphatic rings. The number of halogens is 3. The van der Waals surface area contributed by atoms with E-state index in [0.717, 1.165) is 0 Å². The number of pyridine rings is 1. The molecule has 0 fully saturated rings. The minimum Gasteiger partial charge on any atom is -0.489 e. The van der Waals surface area contributed by atoms with Crippen molar-refractivity contribution >= 4 is 40.4 Å². The minimum absolute atomic E-state index is 0.0529. The van der Waals surface area contributed by atoms with Crippen molar-refractivity contribution in [2.24, 2.45) is 5.73 Å². The van der Waals surface area contributed by atoms with Gasteiger partial charge in [-0.2, -0.15) is 0 Å². The van der Waals surface area contributed by atoms with Crippen molar-refractivity contribution in [3.05, 3.63) is 40.3 Å². The van der Waals surface area contributed by atoms with Crippen molar-refractivity contribution in [2.75, 3.05) is 11.9 Å². The van der Waals surface area contributed by atoms with Gasteiger partial charge in [-0.25, -0.2) is 9.37 Å². The Morgan fingerprint density at radius 2 is 1.87 bits per heavy atom. The van der Waals surface area contributed by atoms with Crippen molar-refractivity contribution in [1.29, 1.82) is 0 Å². The fraction of sp³-hybridized carbons (Fsp3) is 0.350. The number of anilines is 1. The maximum Gasteiger partial charge on any atom is 0.165 e. The predicted octanol–water partition coefficient (Wildman–Crippen LogP) is 4.62. The Balaban J connectivity index is 1.82. The largest absolute Gasteiger partial charge is 0.489 e. The van der Waals surface area contributed by atoms with Crippen LogP contribution in [-0.4, -0.2) is 45.1 Å². The number of benzene rings is 1. The number of nitrogens with zero attached hydrogens (tertiary/aromatic N) is 3. The van der Waals surface area contributed by atoms with Crippen LogP contribution in [-0.2, 0) is 0 Å². The number of rotatable bonds is 8. The van der Waals surface area contributed by atoms with Gasteiger partial charge in [0.1, 0.15) is 22.4 Å². The molecule has 0 saturated carbocycles. The van der Waals surface area contributed by atoms with Crippen LogP contribution in [0.25, 0.3) is 21.1 Å².